The van der Waals surface area contributed by atoms with Crippen molar-refractivity contribution in [3.8, 4) is 5.75 Å². The molecule has 6 heteroatoms. The van der Waals surface area contributed by atoms with Crippen molar-refractivity contribution < 1.29 is 14.3 Å². The first-order chi connectivity index (χ1) is 14.5. The Morgan fingerprint density at radius 2 is 1.67 bits per heavy atom. The fraction of sp³-hybridized carbons (Fsp3) is 0.250. The first-order valence-electron chi connectivity index (χ1n) is 9.99. The van der Waals surface area contributed by atoms with Crippen LogP contribution in [-0.4, -0.2) is 18.4 Å². The predicted molar refractivity (Wildman–Crippen MR) is 123 cm³/mol. The molecule has 30 heavy (non-hydrogen) atoms. The smallest absolute Gasteiger partial charge is 0.258 e. The molecule has 0 saturated heterocycles. The summed E-state index contributed by atoms with van der Waals surface area (Å²) in [7, 11) is 0. The van der Waals surface area contributed by atoms with E-state index in [4.69, 9.17) is 4.74 Å². The van der Waals surface area contributed by atoms with Crippen LogP contribution in [0.25, 0.3) is 0 Å². The summed E-state index contributed by atoms with van der Waals surface area (Å²) in [5.41, 5.74) is 2.67. The summed E-state index contributed by atoms with van der Waals surface area (Å²) in [6, 6.07) is 16.2. The molecule has 0 spiro atoms. The molecule has 3 rings (SSSR count). The van der Waals surface area contributed by atoms with Crippen molar-refractivity contribution in [3.63, 3.8) is 0 Å². The molecule has 156 valence electrons. The number of rotatable bonds is 8. The van der Waals surface area contributed by atoms with E-state index in [2.05, 4.69) is 24.5 Å². The molecule has 2 amide bonds. The van der Waals surface area contributed by atoms with Crippen molar-refractivity contribution in [1.82, 2.24) is 0 Å². The van der Waals surface area contributed by atoms with Crippen molar-refractivity contribution in [2.24, 2.45) is 5.92 Å². The summed E-state index contributed by atoms with van der Waals surface area (Å²) >= 11 is 1.38. The van der Waals surface area contributed by atoms with Gasteiger partial charge in [0.15, 0.2) is 0 Å². The third-order valence-electron chi connectivity index (χ3n) is 4.41. The minimum absolute atomic E-state index is 0.233. The summed E-state index contributed by atoms with van der Waals surface area (Å²) in [5, 5.41) is 8.36. The van der Waals surface area contributed by atoms with E-state index >= 15 is 0 Å². The number of hydrogen-bond acceptors (Lipinski definition) is 4. The summed E-state index contributed by atoms with van der Waals surface area (Å²) in [4.78, 5) is 25.8. The Balaban J connectivity index is 1.84. The van der Waals surface area contributed by atoms with Crippen molar-refractivity contribution in [1.29, 1.82) is 0 Å². The zero-order chi connectivity index (χ0) is 21.5. The second-order valence-corrected chi connectivity index (χ2v) is 8.17. The van der Waals surface area contributed by atoms with Crippen LogP contribution < -0.4 is 15.4 Å². The molecular weight excluding hydrogens is 396 g/mol. The van der Waals surface area contributed by atoms with Crippen molar-refractivity contribution in [3.05, 3.63) is 76.7 Å². The fourth-order valence-corrected chi connectivity index (χ4v) is 4.05. The van der Waals surface area contributed by atoms with E-state index in [1.807, 2.05) is 42.6 Å². The first-order valence-corrected chi connectivity index (χ1v) is 10.9. The Labute approximate surface area is 181 Å². The van der Waals surface area contributed by atoms with Crippen molar-refractivity contribution in [2.45, 2.75) is 27.2 Å². The Bertz CT molecular complexity index is 995. The summed E-state index contributed by atoms with van der Waals surface area (Å²) in [5.74, 6) is 0.666. The maximum atomic E-state index is 13.1. The summed E-state index contributed by atoms with van der Waals surface area (Å²) < 4.78 is 5.45. The molecule has 0 aliphatic heterocycles. The predicted octanol–water partition coefficient (Wildman–Crippen LogP) is 5.85. The SMILES string of the molecule is CCOc1ccc(NC(=O)c2c(CC(C)C)csc2NC(=O)c2ccccc2)cc1. The number of anilines is 2. The number of benzene rings is 2. The minimum Gasteiger partial charge on any atom is -0.494 e. The molecule has 0 aliphatic carbocycles. The molecule has 0 unspecified atom stereocenters. The first kappa shape index (κ1) is 21.6. The molecule has 0 fully saturated rings. The van der Waals surface area contributed by atoms with Gasteiger partial charge in [-0.25, -0.2) is 0 Å². The second-order valence-electron chi connectivity index (χ2n) is 7.29. The van der Waals surface area contributed by atoms with Gasteiger partial charge in [-0.1, -0.05) is 32.0 Å². The van der Waals surface area contributed by atoms with Gasteiger partial charge in [0.2, 0.25) is 0 Å². The van der Waals surface area contributed by atoms with Crippen LogP contribution in [0.1, 0.15) is 47.1 Å². The standard InChI is InChI=1S/C24H26N2O3S/c1-4-29-20-12-10-19(11-13-20)25-23(28)21-18(14-16(2)3)15-30-24(21)26-22(27)17-8-6-5-7-9-17/h5-13,15-16H,4,14H2,1-3H3,(H,25,28)(H,26,27). The van der Waals surface area contributed by atoms with Crippen LogP contribution in [0.15, 0.2) is 60.0 Å². The van der Waals surface area contributed by atoms with Crippen LogP contribution in [0, 0.1) is 5.92 Å². The van der Waals surface area contributed by atoms with Crippen LogP contribution >= 0.6 is 11.3 Å². The van der Waals surface area contributed by atoms with Crippen LogP contribution in [-0.2, 0) is 6.42 Å². The Kier molecular flexibility index (Phi) is 7.25. The molecule has 5 nitrogen and oxygen atoms in total. The van der Waals surface area contributed by atoms with Crippen LogP contribution in [0.5, 0.6) is 5.75 Å². The second kappa shape index (κ2) is 10.1. The molecule has 0 saturated carbocycles. The number of carbonyl (C=O) groups excluding carboxylic acids is 2. The molecule has 0 bridgehead atoms. The lowest BCUT2D eigenvalue weighted by Crippen LogP contribution is -2.18. The topological polar surface area (TPSA) is 67.4 Å². The van der Waals surface area contributed by atoms with Gasteiger partial charge in [-0.05, 0) is 66.6 Å². The van der Waals surface area contributed by atoms with Gasteiger partial charge in [-0.3, -0.25) is 9.59 Å². The summed E-state index contributed by atoms with van der Waals surface area (Å²) in [6.45, 7) is 6.72. The van der Waals surface area contributed by atoms with Crippen molar-refractivity contribution >= 4 is 33.8 Å². The number of hydrogen-bond donors (Lipinski definition) is 2. The van der Waals surface area contributed by atoms with Gasteiger partial charge >= 0.3 is 0 Å². The third-order valence-corrected chi connectivity index (χ3v) is 5.35. The third kappa shape index (κ3) is 5.48. The van der Waals surface area contributed by atoms with Crippen LogP contribution in [0.2, 0.25) is 0 Å². The molecule has 1 aromatic heterocycles. The zero-order valence-corrected chi connectivity index (χ0v) is 18.2. The van der Waals surface area contributed by atoms with Gasteiger partial charge in [0.25, 0.3) is 11.8 Å². The van der Waals surface area contributed by atoms with E-state index in [1.165, 1.54) is 11.3 Å². The van der Waals surface area contributed by atoms with Gasteiger partial charge in [0, 0.05) is 11.3 Å². The molecule has 0 atom stereocenters. The number of amides is 2. The van der Waals surface area contributed by atoms with E-state index in [-0.39, 0.29) is 11.8 Å². The van der Waals surface area contributed by atoms with Crippen LogP contribution in [0.4, 0.5) is 10.7 Å². The molecule has 0 aliphatic rings. The Morgan fingerprint density at radius 1 is 0.967 bits per heavy atom. The Hall–Kier alpha value is -3.12. The van der Waals surface area contributed by atoms with Gasteiger partial charge in [-0.2, -0.15) is 0 Å². The van der Waals surface area contributed by atoms with Crippen LogP contribution in [0.3, 0.4) is 0 Å². The molecule has 1 heterocycles. The van der Waals surface area contributed by atoms with E-state index in [1.54, 1.807) is 24.3 Å². The largest absolute Gasteiger partial charge is 0.494 e. The lowest BCUT2D eigenvalue weighted by atomic mass is 10.0. The normalized spacial score (nSPS) is 10.7. The van der Waals surface area contributed by atoms with Gasteiger partial charge in [0.1, 0.15) is 10.8 Å². The molecule has 2 N–H and O–H groups in total. The average molecular weight is 423 g/mol. The molecule has 0 radical (unpaired) electrons. The number of nitrogens with one attached hydrogen (secondary N) is 2. The average Bonchev–Trinajstić information content (AvgIpc) is 3.11. The maximum absolute atomic E-state index is 13.1. The minimum atomic E-state index is -0.237. The molecule has 3 aromatic rings. The fourth-order valence-electron chi connectivity index (χ4n) is 3.08. The monoisotopic (exact) mass is 422 g/mol. The van der Waals surface area contributed by atoms with E-state index in [9.17, 15) is 9.59 Å². The van der Waals surface area contributed by atoms with E-state index in [0.717, 1.165) is 17.7 Å². The van der Waals surface area contributed by atoms with Gasteiger partial charge in [-0.15, -0.1) is 11.3 Å². The number of ether oxygens (including phenoxy) is 1. The number of thiophene rings is 1. The lowest BCUT2D eigenvalue weighted by Gasteiger charge is -2.12. The zero-order valence-electron chi connectivity index (χ0n) is 17.4. The lowest BCUT2D eigenvalue weighted by molar-refractivity contribution is 0.102. The quantitative estimate of drug-likeness (QED) is 0.478. The highest BCUT2D eigenvalue weighted by atomic mass is 32.1. The van der Waals surface area contributed by atoms with E-state index < -0.39 is 0 Å². The highest BCUT2D eigenvalue weighted by Crippen LogP contribution is 2.31. The van der Waals surface area contributed by atoms with E-state index in [0.29, 0.717) is 34.3 Å². The maximum Gasteiger partial charge on any atom is 0.258 e. The van der Waals surface area contributed by atoms with Crippen molar-refractivity contribution in [2.75, 3.05) is 17.2 Å². The highest BCUT2D eigenvalue weighted by Gasteiger charge is 2.22. The van der Waals surface area contributed by atoms with Gasteiger partial charge < -0.3 is 15.4 Å². The molecular formula is C24H26N2O3S. The number of carbonyl (C=O) groups is 2. The molecule has 2 aromatic carbocycles. The summed E-state index contributed by atoms with van der Waals surface area (Å²) in [6.07, 6.45) is 0.754. The Morgan fingerprint density at radius 3 is 2.30 bits per heavy atom. The van der Waals surface area contributed by atoms with Gasteiger partial charge in [0.05, 0.1) is 12.2 Å². The highest BCUT2D eigenvalue weighted by molar-refractivity contribution is 7.15.